The van der Waals surface area contributed by atoms with E-state index in [9.17, 15) is 0 Å². The van der Waals surface area contributed by atoms with Gasteiger partial charge in [0, 0.05) is 35.5 Å². The van der Waals surface area contributed by atoms with E-state index in [1.165, 1.54) is 18.5 Å². The van der Waals surface area contributed by atoms with Crippen molar-refractivity contribution in [3.05, 3.63) is 29.8 Å². The molecule has 0 atom stereocenters. The molecule has 1 saturated heterocycles. The summed E-state index contributed by atoms with van der Waals surface area (Å²) in [6.45, 7) is 8.59. The van der Waals surface area contributed by atoms with Gasteiger partial charge in [0.25, 0.3) is 0 Å². The Morgan fingerprint density at radius 3 is 2.29 bits per heavy atom. The van der Waals surface area contributed by atoms with E-state index in [1.54, 1.807) is 0 Å². The average molecular weight is 230 g/mol. The van der Waals surface area contributed by atoms with Crippen LogP contribution in [0.4, 0.5) is 5.69 Å². The molecule has 1 aromatic rings. The number of nitrogens with one attached hydrogen (secondary N) is 1. The highest BCUT2D eigenvalue weighted by atomic mass is 15.1. The molecule has 1 fully saturated rings. The van der Waals surface area contributed by atoms with Gasteiger partial charge in [-0.1, -0.05) is 39.0 Å². The van der Waals surface area contributed by atoms with E-state index in [0.29, 0.717) is 0 Å². The van der Waals surface area contributed by atoms with Gasteiger partial charge in [0.15, 0.2) is 0 Å². The molecule has 92 valence electrons. The number of benzene rings is 1. The van der Waals surface area contributed by atoms with Gasteiger partial charge in [-0.3, -0.25) is 0 Å². The van der Waals surface area contributed by atoms with Gasteiger partial charge in [-0.15, -0.1) is 0 Å². The van der Waals surface area contributed by atoms with Crippen molar-refractivity contribution < 1.29 is 0 Å². The van der Waals surface area contributed by atoms with Crippen molar-refractivity contribution in [3.63, 3.8) is 0 Å². The summed E-state index contributed by atoms with van der Waals surface area (Å²) in [6, 6.07) is 8.35. The summed E-state index contributed by atoms with van der Waals surface area (Å²) in [5.74, 6) is 0. The Kier molecular flexibility index (Phi) is 3.23. The van der Waals surface area contributed by atoms with Crippen LogP contribution in [0, 0.1) is 10.8 Å². The summed E-state index contributed by atoms with van der Waals surface area (Å²) in [5, 5.41) is 8.36. The molecule has 0 bridgehead atoms. The number of hydrogen-bond donors (Lipinski definition) is 1. The summed E-state index contributed by atoms with van der Waals surface area (Å²) >= 11 is 0. The fraction of sp³-hybridized carbons (Fsp3) is 0.533. The lowest BCUT2D eigenvalue weighted by atomic mass is 9.85. The van der Waals surface area contributed by atoms with E-state index in [0.717, 1.165) is 24.4 Å². The number of anilines is 1. The van der Waals surface area contributed by atoms with E-state index in [1.807, 2.05) is 6.07 Å². The maximum atomic E-state index is 8.36. The molecule has 1 aromatic carbocycles. The zero-order valence-electron chi connectivity index (χ0n) is 11.1. The Balaban J connectivity index is 2.37. The van der Waals surface area contributed by atoms with Crippen LogP contribution in [-0.2, 0) is 0 Å². The molecule has 0 spiro atoms. The minimum atomic E-state index is -0.0875. The highest BCUT2D eigenvalue weighted by molar-refractivity contribution is 6.06. The molecule has 2 rings (SSSR count). The molecular formula is C15H22N2. The van der Waals surface area contributed by atoms with Crippen LogP contribution in [0.2, 0.25) is 0 Å². The van der Waals surface area contributed by atoms with Crippen LogP contribution in [0.5, 0.6) is 0 Å². The lowest BCUT2D eigenvalue weighted by molar-refractivity contribution is 0.588. The van der Waals surface area contributed by atoms with Crippen LogP contribution in [0.25, 0.3) is 0 Å². The quantitative estimate of drug-likeness (QED) is 0.771. The second kappa shape index (κ2) is 4.52. The minimum Gasteiger partial charge on any atom is -0.371 e. The van der Waals surface area contributed by atoms with Gasteiger partial charge in [0.1, 0.15) is 0 Å². The largest absolute Gasteiger partial charge is 0.371 e. The van der Waals surface area contributed by atoms with Crippen LogP contribution < -0.4 is 4.90 Å². The second-order valence-electron chi connectivity index (χ2n) is 5.84. The predicted molar refractivity (Wildman–Crippen MR) is 74.2 cm³/mol. The highest BCUT2D eigenvalue weighted by Crippen LogP contribution is 2.29. The molecule has 1 aliphatic heterocycles. The Morgan fingerprint density at radius 2 is 1.71 bits per heavy atom. The van der Waals surface area contributed by atoms with E-state index in [-0.39, 0.29) is 5.41 Å². The Morgan fingerprint density at radius 1 is 1.12 bits per heavy atom. The van der Waals surface area contributed by atoms with Gasteiger partial charge < -0.3 is 10.3 Å². The van der Waals surface area contributed by atoms with Crippen LogP contribution in [0.15, 0.2) is 24.3 Å². The first kappa shape index (κ1) is 12.2. The van der Waals surface area contributed by atoms with Crippen molar-refractivity contribution in [3.8, 4) is 0 Å². The molecule has 0 aliphatic carbocycles. The molecule has 2 nitrogen and oxygen atoms in total. The van der Waals surface area contributed by atoms with Gasteiger partial charge in [0.2, 0.25) is 0 Å². The average Bonchev–Trinajstić information content (AvgIpc) is 2.80. The smallest absolute Gasteiger partial charge is 0.0460 e. The molecule has 0 amide bonds. The van der Waals surface area contributed by atoms with Crippen molar-refractivity contribution >= 4 is 11.4 Å². The van der Waals surface area contributed by atoms with Crippen molar-refractivity contribution in [2.45, 2.75) is 33.6 Å². The molecular weight excluding hydrogens is 208 g/mol. The van der Waals surface area contributed by atoms with Crippen LogP contribution in [0.1, 0.15) is 39.2 Å². The van der Waals surface area contributed by atoms with Gasteiger partial charge in [-0.05, 0) is 18.9 Å². The van der Waals surface area contributed by atoms with E-state index in [4.69, 9.17) is 5.41 Å². The van der Waals surface area contributed by atoms with Crippen molar-refractivity contribution in [1.82, 2.24) is 0 Å². The summed E-state index contributed by atoms with van der Waals surface area (Å²) in [4.78, 5) is 2.41. The van der Waals surface area contributed by atoms with Gasteiger partial charge in [-0.2, -0.15) is 0 Å². The Labute approximate surface area is 104 Å². The molecule has 0 unspecified atom stereocenters. The molecule has 0 saturated carbocycles. The maximum Gasteiger partial charge on any atom is 0.0460 e. The van der Waals surface area contributed by atoms with Crippen molar-refractivity contribution in [2.24, 2.45) is 5.41 Å². The third-order valence-corrected chi connectivity index (χ3v) is 3.37. The Hall–Kier alpha value is -1.31. The lowest BCUT2D eigenvalue weighted by Crippen LogP contribution is -2.25. The van der Waals surface area contributed by atoms with Crippen molar-refractivity contribution in [1.29, 1.82) is 5.41 Å². The fourth-order valence-electron chi connectivity index (χ4n) is 2.32. The minimum absolute atomic E-state index is 0.0875. The van der Waals surface area contributed by atoms with Crippen molar-refractivity contribution in [2.75, 3.05) is 18.0 Å². The zero-order chi connectivity index (χ0) is 12.5. The van der Waals surface area contributed by atoms with Gasteiger partial charge >= 0.3 is 0 Å². The third-order valence-electron chi connectivity index (χ3n) is 3.37. The van der Waals surface area contributed by atoms with Gasteiger partial charge in [-0.25, -0.2) is 0 Å². The monoisotopic (exact) mass is 230 g/mol. The molecule has 17 heavy (non-hydrogen) atoms. The second-order valence-corrected chi connectivity index (χ2v) is 5.84. The van der Waals surface area contributed by atoms with Crippen LogP contribution in [0.3, 0.4) is 0 Å². The summed E-state index contributed by atoms with van der Waals surface area (Å²) in [5.41, 5.74) is 2.99. The molecule has 2 heteroatoms. The van der Waals surface area contributed by atoms with E-state index >= 15 is 0 Å². The molecule has 1 aliphatic rings. The van der Waals surface area contributed by atoms with Crippen LogP contribution in [-0.4, -0.2) is 18.8 Å². The topological polar surface area (TPSA) is 27.1 Å². The molecule has 0 aromatic heterocycles. The first-order valence-corrected chi connectivity index (χ1v) is 6.43. The number of rotatable bonds is 2. The molecule has 1 N–H and O–H groups in total. The fourth-order valence-corrected chi connectivity index (χ4v) is 2.32. The first-order chi connectivity index (χ1) is 8.00. The first-order valence-electron chi connectivity index (χ1n) is 6.43. The van der Waals surface area contributed by atoms with Gasteiger partial charge in [0.05, 0.1) is 0 Å². The third kappa shape index (κ3) is 2.51. The Bertz CT molecular complexity index is 409. The number of para-hydroxylation sites is 1. The number of hydrogen-bond acceptors (Lipinski definition) is 2. The number of nitrogens with zero attached hydrogens (tertiary/aromatic N) is 1. The summed E-state index contributed by atoms with van der Waals surface area (Å²) in [7, 11) is 0. The SMILES string of the molecule is CC(C)(C)C(=N)c1ccccc1N1CCCC1. The van der Waals surface area contributed by atoms with E-state index < -0.39 is 0 Å². The summed E-state index contributed by atoms with van der Waals surface area (Å²) in [6.07, 6.45) is 2.55. The maximum absolute atomic E-state index is 8.36. The highest BCUT2D eigenvalue weighted by Gasteiger charge is 2.23. The van der Waals surface area contributed by atoms with E-state index in [2.05, 4.69) is 43.9 Å². The normalized spacial score (nSPS) is 16.3. The summed E-state index contributed by atoms with van der Waals surface area (Å²) < 4.78 is 0. The van der Waals surface area contributed by atoms with Crippen LogP contribution >= 0.6 is 0 Å². The molecule has 0 radical (unpaired) electrons. The molecule has 1 heterocycles. The standard InChI is InChI=1S/C15H22N2/c1-15(2,3)14(16)12-8-4-5-9-13(12)17-10-6-7-11-17/h4-5,8-9,16H,6-7,10-11H2,1-3H3. The predicted octanol–water partition coefficient (Wildman–Crippen LogP) is 3.70. The lowest BCUT2D eigenvalue weighted by Gasteiger charge is -2.26. The zero-order valence-corrected chi connectivity index (χ0v) is 11.1.